The van der Waals surface area contributed by atoms with Crippen molar-refractivity contribution in [2.75, 3.05) is 35.0 Å². The van der Waals surface area contributed by atoms with Crippen molar-refractivity contribution in [1.82, 2.24) is 4.90 Å². The maximum absolute atomic E-state index is 13.0. The first kappa shape index (κ1) is 22.2. The van der Waals surface area contributed by atoms with E-state index >= 15 is 0 Å². The molecule has 0 aromatic heterocycles. The van der Waals surface area contributed by atoms with Crippen molar-refractivity contribution in [2.45, 2.75) is 44.1 Å². The van der Waals surface area contributed by atoms with Crippen LogP contribution in [0, 0.1) is 22.7 Å². The predicted molar refractivity (Wildman–Crippen MR) is 114 cm³/mol. The minimum absolute atomic E-state index is 0.0829. The Kier molecular flexibility index (Phi) is 5.43. The van der Waals surface area contributed by atoms with E-state index in [9.17, 15) is 9.59 Å². The van der Waals surface area contributed by atoms with Crippen LogP contribution < -0.4 is 0 Å². The van der Waals surface area contributed by atoms with E-state index in [4.69, 9.17) is 18.9 Å². The predicted octanol–water partition coefficient (Wildman–Crippen LogP) is 3.12. The van der Waals surface area contributed by atoms with Gasteiger partial charge in [0.05, 0.1) is 19.3 Å². The van der Waals surface area contributed by atoms with Crippen LogP contribution in [0.25, 0.3) is 0 Å². The summed E-state index contributed by atoms with van der Waals surface area (Å²) in [7, 11) is 6.10. The molecule has 1 saturated heterocycles. The van der Waals surface area contributed by atoms with Crippen molar-refractivity contribution in [1.29, 1.82) is 0 Å². The fraction of sp³-hybridized carbons (Fsp3) is 0.667. The number of nitrogens with zero attached hydrogens (tertiary/aromatic N) is 1. The molecule has 7 heteroatoms. The monoisotopic (exact) mass is 431 g/mol. The fourth-order valence-electron chi connectivity index (χ4n) is 7.29. The Labute approximate surface area is 184 Å². The third-order valence-corrected chi connectivity index (χ3v) is 8.48. The third-order valence-electron chi connectivity index (χ3n) is 8.48. The Balaban J connectivity index is 1.93. The minimum Gasteiger partial charge on any atom is -0.453 e. The van der Waals surface area contributed by atoms with Gasteiger partial charge < -0.3 is 23.8 Å². The first-order valence-electron chi connectivity index (χ1n) is 10.8. The SMILES string of the molecule is C=CC12C(OC)CCC3(C)CN(C(=O)OC)C1[C@H](C1=CC=CC(=O)C1(OC)OC)C[C@H]32. The Hall–Kier alpha value is -1.96. The van der Waals surface area contributed by atoms with Crippen molar-refractivity contribution in [3.05, 3.63) is 36.5 Å². The van der Waals surface area contributed by atoms with Gasteiger partial charge in [0.1, 0.15) is 0 Å². The average Bonchev–Trinajstić information content (AvgIpc) is 3.06. The summed E-state index contributed by atoms with van der Waals surface area (Å²) in [5.74, 6) is -1.70. The van der Waals surface area contributed by atoms with Crippen LogP contribution in [-0.4, -0.2) is 69.7 Å². The van der Waals surface area contributed by atoms with Crippen LogP contribution in [0.4, 0.5) is 4.79 Å². The van der Waals surface area contributed by atoms with Crippen molar-refractivity contribution >= 4 is 11.9 Å². The van der Waals surface area contributed by atoms with Gasteiger partial charge in [-0.15, -0.1) is 6.58 Å². The molecule has 7 nitrogen and oxygen atoms in total. The Bertz CT molecular complexity index is 845. The summed E-state index contributed by atoms with van der Waals surface area (Å²) >= 11 is 0. The molecule has 4 bridgehead atoms. The van der Waals surface area contributed by atoms with Gasteiger partial charge in [0, 0.05) is 44.8 Å². The van der Waals surface area contributed by atoms with Crippen LogP contribution in [0.15, 0.2) is 36.5 Å². The quantitative estimate of drug-likeness (QED) is 0.492. The molecule has 0 N–H and O–H groups in total. The standard InChI is InChI=1S/C24H33NO6/c1-7-23-17-13-15(16-9-8-10-18(26)24(16,30-5)31-6)20(23)25(21(27)29-4)14-22(17,2)12-11-19(23)28-3/h7-10,15,17,19-20H,1,11-14H2,2-6H3/t15-,17+,19?,20?,22?,23?/m0/s1. The number of carbonyl (C=O) groups excluding carboxylic acids is 2. The minimum atomic E-state index is -1.50. The first-order valence-corrected chi connectivity index (χ1v) is 10.8. The summed E-state index contributed by atoms with van der Waals surface area (Å²) in [6, 6.07) is -0.281. The summed E-state index contributed by atoms with van der Waals surface area (Å²) in [4.78, 5) is 27.8. The smallest absolute Gasteiger partial charge is 0.409 e. The van der Waals surface area contributed by atoms with Gasteiger partial charge >= 0.3 is 6.09 Å². The van der Waals surface area contributed by atoms with Crippen LogP contribution >= 0.6 is 0 Å². The largest absolute Gasteiger partial charge is 0.453 e. The highest BCUT2D eigenvalue weighted by atomic mass is 16.7. The lowest BCUT2D eigenvalue weighted by Gasteiger charge is -2.61. The van der Waals surface area contributed by atoms with E-state index in [1.807, 2.05) is 17.1 Å². The Morgan fingerprint density at radius 3 is 2.55 bits per heavy atom. The fourth-order valence-corrected chi connectivity index (χ4v) is 7.29. The molecule has 0 spiro atoms. The lowest BCUT2D eigenvalue weighted by atomic mass is 9.51. The zero-order valence-electron chi connectivity index (χ0n) is 19.1. The van der Waals surface area contributed by atoms with Gasteiger partial charge in [0.15, 0.2) is 0 Å². The van der Waals surface area contributed by atoms with Crippen LogP contribution in [0.1, 0.15) is 26.2 Å². The number of piperidine rings is 1. The second-order valence-corrected chi connectivity index (χ2v) is 9.43. The molecule has 3 fully saturated rings. The maximum Gasteiger partial charge on any atom is 0.409 e. The van der Waals surface area contributed by atoms with E-state index in [1.165, 1.54) is 27.4 Å². The van der Waals surface area contributed by atoms with Gasteiger partial charge in [-0.05, 0) is 36.7 Å². The Morgan fingerprint density at radius 2 is 1.97 bits per heavy atom. The molecule has 0 aromatic rings. The summed E-state index contributed by atoms with van der Waals surface area (Å²) in [6.07, 6.45) is 9.26. The third kappa shape index (κ3) is 2.69. The van der Waals surface area contributed by atoms with Gasteiger partial charge in [-0.25, -0.2) is 4.79 Å². The molecule has 6 atom stereocenters. The Morgan fingerprint density at radius 1 is 1.26 bits per heavy atom. The van der Waals surface area contributed by atoms with Crippen molar-refractivity contribution in [3.63, 3.8) is 0 Å². The van der Waals surface area contributed by atoms with Crippen LogP contribution in [0.5, 0.6) is 0 Å². The molecule has 2 saturated carbocycles. The number of ketones is 1. The van der Waals surface area contributed by atoms with Gasteiger partial charge in [0.25, 0.3) is 5.79 Å². The number of hydrogen-bond acceptors (Lipinski definition) is 6. The highest BCUT2D eigenvalue weighted by molar-refractivity contribution is 6.00. The van der Waals surface area contributed by atoms with Gasteiger partial charge in [0.2, 0.25) is 5.78 Å². The molecule has 4 unspecified atom stereocenters. The highest BCUT2D eigenvalue weighted by Crippen LogP contribution is 2.68. The molecule has 1 amide bonds. The van der Waals surface area contributed by atoms with Crippen LogP contribution in [0.2, 0.25) is 0 Å². The number of amides is 1. The van der Waals surface area contributed by atoms with Crippen molar-refractivity contribution in [2.24, 2.45) is 22.7 Å². The molecular formula is C24H33NO6. The number of carbonyl (C=O) groups is 2. The molecule has 0 radical (unpaired) electrons. The lowest BCUT2D eigenvalue weighted by Crippen LogP contribution is -2.68. The molecular weight excluding hydrogens is 398 g/mol. The normalized spacial score (nSPS) is 40.5. The molecule has 3 aliphatic carbocycles. The van der Waals surface area contributed by atoms with Gasteiger partial charge in [-0.2, -0.15) is 0 Å². The summed E-state index contributed by atoms with van der Waals surface area (Å²) in [6.45, 7) is 7.08. The van der Waals surface area contributed by atoms with E-state index < -0.39 is 11.2 Å². The van der Waals surface area contributed by atoms with Gasteiger partial charge in [-0.1, -0.05) is 25.2 Å². The van der Waals surface area contributed by atoms with Crippen molar-refractivity contribution < 1.29 is 28.5 Å². The second-order valence-electron chi connectivity index (χ2n) is 9.43. The lowest BCUT2D eigenvalue weighted by molar-refractivity contribution is -0.190. The summed E-state index contributed by atoms with van der Waals surface area (Å²) in [5, 5.41) is 0. The molecule has 1 aliphatic heterocycles. The maximum atomic E-state index is 13.0. The molecule has 170 valence electrons. The zero-order chi connectivity index (χ0) is 22.6. The average molecular weight is 432 g/mol. The number of methoxy groups -OCH3 is 4. The number of hydrogen-bond donors (Lipinski definition) is 0. The zero-order valence-corrected chi connectivity index (χ0v) is 19.1. The van der Waals surface area contributed by atoms with E-state index in [-0.39, 0.29) is 41.3 Å². The number of likely N-dealkylation sites (tertiary alicyclic amines) is 1. The summed E-state index contributed by atoms with van der Waals surface area (Å²) < 4.78 is 22.6. The molecule has 1 heterocycles. The van der Waals surface area contributed by atoms with E-state index in [0.29, 0.717) is 6.54 Å². The van der Waals surface area contributed by atoms with Crippen LogP contribution in [0.3, 0.4) is 0 Å². The number of rotatable bonds is 5. The molecule has 4 rings (SSSR count). The van der Waals surface area contributed by atoms with Crippen LogP contribution in [-0.2, 0) is 23.7 Å². The first-order chi connectivity index (χ1) is 14.8. The molecule has 31 heavy (non-hydrogen) atoms. The van der Waals surface area contributed by atoms with Crippen molar-refractivity contribution in [3.8, 4) is 0 Å². The second kappa shape index (κ2) is 7.57. The number of ether oxygens (including phenoxy) is 4. The molecule has 4 aliphatic rings. The summed E-state index contributed by atoms with van der Waals surface area (Å²) in [5.41, 5.74) is 0.163. The topological polar surface area (TPSA) is 74.3 Å². The molecule has 0 aromatic carbocycles. The number of allylic oxidation sites excluding steroid dienone is 2. The van der Waals surface area contributed by atoms with Gasteiger partial charge in [-0.3, -0.25) is 4.79 Å². The van der Waals surface area contributed by atoms with E-state index in [0.717, 1.165) is 24.8 Å². The van der Waals surface area contributed by atoms with E-state index in [1.54, 1.807) is 13.2 Å². The van der Waals surface area contributed by atoms with E-state index in [2.05, 4.69) is 13.5 Å². The highest BCUT2D eigenvalue weighted by Gasteiger charge is 2.72.